The van der Waals surface area contributed by atoms with Gasteiger partial charge in [-0.2, -0.15) is 0 Å². The fraction of sp³-hybridized carbons (Fsp3) is 0.200. The van der Waals surface area contributed by atoms with E-state index >= 15 is 0 Å². The molecule has 6 heteroatoms. The number of nitrogens with zero attached hydrogens (tertiary/aromatic N) is 3. The smallest absolute Gasteiger partial charge is 0.227 e. The van der Waals surface area contributed by atoms with E-state index in [0.29, 0.717) is 24.5 Å². The Balaban J connectivity index is 1.50. The molecule has 156 valence electrons. The highest BCUT2D eigenvalue weighted by atomic mass is 35.5. The van der Waals surface area contributed by atoms with Gasteiger partial charge in [0.05, 0.1) is 18.1 Å². The van der Waals surface area contributed by atoms with Gasteiger partial charge in [0.15, 0.2) is 0 Å². The molecule has 1 aromatic heterocycles. The van der Waals surface area contributed by atoms with E-state index in [4.69, 9.17) is 21.3 Å². The van der Waals surface area contributed by atoms with Crippen molar-refractivity contribution in [2.24, 2.45) is 0 Å². The summed E-state index contributed by atoms with van der Waals surface area (Å²) in [6, 6.07) is 23.6. The lowest BCUT2D eigenvalue weighted by atomic mass is 10.1. The molecule has 5 rings (SSSR count). The molecule has 3 aromatic carbocycles. The van der Waals surface area contributed by atoms with Crippen molar-refractivity contribution in [2.45, 2.75) is 18.9 Å². The van der Waals surface area contributed by atoms with Crippen molar-refractivity contribution in [3.05, 3.63) is 89.2 Å². The molecule has 1 fully saturated rings. The second-order valence-electron chi connectivity index (χ2n) is 7.78. The van der Waals surface area contributed by atoms with Crippen molar-refractivity contribution in [1.82, 2.24) is 9.55 Å². The Labute approximate surface area is 185 Å². The number of hydrogen-bond donors (Lipinski definition) is 0. The van der Waals surface area contributed by atoms with Gasteiger partial charge < -0.3 is 14.2 Å². The zero-order chi connectivity index (χ0) is 21.4. The molecule has 1 aliphatic rings. The van der Waals surface area contributed by atoms with Crippen LogP contribution in [-0.2, 0) is 11.3 Å². The van der Waals surface area contributed by atoms with Crippen LogP contribution in [0.5, 0.6) is 5.75 Å². The van der Waals surface area contributed by atoms with Crippen LogP contribution in [0.1, 0.15) is 23.7 Å². The van der Waals surface area contributed by atoms with Gasteiger partial charge >= 0.3 is 0 Å². The first-order chi connectivity index (χ1) is 15.1. The molecular formula is C25H22ClN3O2. The first kappa shape index (κ1) is 19.6. The van der Waals surface area contributed by atoms with Gasteiger partial charge in [0.1, 0.15) is 11.6 Å². The highest BCUT2D eigenvalue weighted by molar-refractivity contribution is 6.30. The molecule has 1 atom stereocenters. The maximum Gasteiger partial charge on any atom is 0.227 e. The summed E-state index contributed by atoms with van der Waals surface area (Å²) in [6.45, 7) is 1.26. The minimum absolute atomic E-state index is 0.0150. The molecule has 0 unspecified atom stereocenters. The standard InChI is InChI=1S/C25H22ClN3O2/c1-31-21-11-9-20(10-12-21)28-16-18(14-24(28)30)25-27-22-7-2-3-8-23(22)29(25)15-17-5-4-6-19(26)13-17/h2-13,18H,14-16H2,1H3/t18-/m1/s1. The predicted octanol–water partition coefficient (Wildman–Crippen LogP) is 5.27. The number of anilines is 1. The number of ether oxygens (including phenoxy) is 1. The fourth-order valence-corrected chi connectivity index (χ4v) is 4.49. The number of methoxy groups -OCH3 is 1. The van der Waals surface area contributed by atoms with Crippen LogP contribution < -0.4 is 9.64 Å². The zero-order valence-corrected chi connectivity index (χ0v) is 17.9. The number of aromatic nitrogens is 2. The van der Waals surface area contributed by atoms with E-state index < -0.39 is 0 Å². The topological polar surface area (TPSA) is 47.4 Å². The lowest BCUT2D eigenvalue weighted by molar-refractivity contribution is -0.117. The Morgan fingerprint density at radius 1 is 1.06 bits per heavy atom. The predicted molar refractivity (Wildman–Crippen MR) is 123 cm³/mol. The minimum atomic E-state index is 0.0150. The highest BCUT2D eigenvalue weighted by Crippen LogP contribution is 2.34. The summed E-state index contributed by atoms with van der Waals surface area (Å²) in [5, 5.41) is 0.713. The number of halogens is 1. The van der Waals surface area contributed by atoms with Crippen molar-refractivity contribution < 1.29 is 9.53 Å². The van der Waals surface area contributed by atoms with Gasteiger partial charge in [-0.15, -0.1) is 0 Å². The summed E-state index contributed by atoms with van der Waals surface area (Å²) >= 11 is 6.21. The third-order valence-corrected chi connectivity index (χ3v) is 6.02. The quantitative estimate of drug-likeness (QED) is 0.432. The molecule has 1 aliphatic heterocycles. The van der Waals surface area contributed by atoms with E-state index in [0.717, 1.165) is 33.9 Å². The van der Waals surface area contributed by atoms with Gasteiger partial charge in [-0.1, -0.05) is 35.9 Å². The molecule has 0 N–H and O–H groups in total. The largest absolute Gasteiger partial charge is 0.497 e. The van der Waals surface area contributed by atoms with Crippen LogP contribution in [0.3, 0.4) is 0 Å². The summed E-state index contributed by atoms with van der Waals surface area (Å²) < 4.78 is 7.46. The monoisotopic (exact) mass is 431 g/mol. The Hall–Kier alpha value is -3.31. The van der Waals surface area contributed by atoms with Crippen molar-refractivity contribution in [3.8, 4) is 5.75 Å². The maximum atomic E-state index is 12.9. The molecule has 0 bridgehead atoms. The van der Waals surface area contributed by atoms with E-state index in [1.807, 2.05) is 65.6 Å². The average Bonchev–Trinajstić information content (AvgIpc) is 3.35. The van der Waals surface area contributed by atoms with Crippen LogP contribution in [0, 0.1) is 0 Å². The number of fused-ring (bicyclic) bond motifs is 1. The fourth-order valence-electron chi connectivity index (χ4n) is 4.28. The summed E-state index contributed by atoms with van der Waals surface area (Å²) in [7, 11) is 1.64. The Morgan fingerprint density at radius 3 is 2.65 bits per heavy atom. The molecule has 31 heavy (non-hydrogen) atoms. The first-order valence-corrected chi connectivity index (χ1v) is 10.6. The van der Waals surface area contributed by atoms with Crippen molar-refractivity contribution in [2.75, 3.05) is 18.6 Å². The number of imidazole rings is 1. The van der Waals surface area contributed by atoms with Crippen LogP contribution >= 0.6 is 11.6 Å². The summed E-state index contributed by atoms with van der Waals surface area (Å²) in [4.78, 5) is 19.7. The molecule has 0 aliphatic carbocycles. The average molecular weight is 432 g/mol. The molecular weight excluding hydrogens is 410 g/mol. The molecule has 5 nitrogen and oxygen atoms in total. The number of para-hydroxylation sites is 2. The van der Waals surface area contributed by atoms with Gasteiger partial charge in [-0.3, -0.25) is 4.79 Å². The number of amides is 1. The molecule has 1 amide bonds. The minimum Gasteiger partial charge on any atom is -0.497 e. The van der Waals surface area contributed by atoms with Crippen molar-refractivity contribution >= 4 is 34.2 Å². The third-order valence-electron chi connectivity index (χ3n) is 5.79. The zero-order valence-electron chi connectivity index (χ0n) is 17.2. The summed E-state index contributed by atoms with van der Waals surface area (Å²) in [5.41, 5.74) is 3.99. The van der Waals surface area contributed by atoms with Gasteiger partial charge in [0, 0.05) is 36.1 Å². The van der Waals surface area contributed by atoms with E-state index in [2.05, 4.69) is 16.7 Å². The van der Waals surface area contributed by atoms with Crippen LogP contribution in [0.4, 0.5) is 5.69 Å². The van der Waals surface area contributed by atoms with Crippen LogP contribution in [-0.4, -0.2) is 29.1 Å². The van der Waals surface area contributed by atoms with E-state index in [-0.39, 0.29) is 11.8 Å². The van der Waals surface area contributed by atoms with Gasteiger partial charge in [0.25, 0.3) is 0 Å². The SMILES string of the molecule is COc1ccc(N2C[C@H](c3nc4ccccc4n3Cc3cccc(Cl)c3)CC2=O)cc1. The summed E-state index contributed by atoms with van der Waals surface area (Å²) in [5.74, 6) is 1.83. The van der Waals surface area contributed by atoms with Crippen molar-refractivity contribution in [3.63, 3.8) is 0 Å². The van der Waals surface area contributed by atoms with E-state index in [1.165, 1.54) is 0 Å². The second-order valence-corrected chi connectivity index (χ2v) is 8.21. The summed E-state index contributed by atoms with van der Waals surface area (Å²) in [6.07, 6.45) is 0.435. The molecule has 0 spiro atoms. The highest BCUT2D eigenvalue weighted by Gasteiger charge is 2.34. The lowest BCUT2D eigenvalue weighted by Gasteiger charge is -2.18. The lowest BCUT2D eigenvalue weighted by Crippen LogP contribution is -2.24. The van der Waals surface area contributed by atoms with Gasteiger partial charge in [-0.25, -0.2) is 4.98 Å². The number of hydrogen-bond acceptors (Lipinski definition) is 3. The number of rotatable bonds is 5. The van der Waals surface area contributed by atoms with Crippen molar-refractivity contribution in [1.29, 1.82) is 0 Å². The van der Waals surface area contributed by atoms with E-state index in [9.17, 15) is 4.79 Å². The second kappa shape index (κ2) is 8.08. The molecule has 2 heterocycles. The van der Waals surface area contributed by atoms with E-state index in [1.54, 1.807) is 7.11 Å². The molecule has 0 saturated carbocycles. The molecule has 1 saturated heterocycles. The van der Waals surface area contributed by atoms with Crippen LogP contribution in [0.25, 0.3) is 11.0 Å². The van der Waals surface area contributed by atoms with Gasteiger partial charge in [0.2, 0.25) is 5.91 Å². The normalized spacial score (nSPS) is 16.3. The first-order valence-electron chi connectivity index (χ1n) is 10.3. The number of carbonyl (C=O) groups excluding carboxylic acids is 1. The number of carbonyl (C=O) groups is 1. The van der Waals surface area contributed by atoms with Crippen LogP contribution in [0.15, 0.2) is 72.8 Å². The maximum absolute atomic E-state index is 12.9. The van der Waals surface area contributed by atoms with Crippen LogP contribution in [0.2, 0.25) is 5.02 Å². The number of benzene rings is 3. The Bertz CT molecular complexity index is 1250. The molecule has 4 aromatic rings. The Kier molecular flexibility index (Phi) is 5.12. The third kappa shape index (κ3) is 3.77. The Morgan fingerprint density at radius 2 is 1.87 bits per heavy atom. The molecule has 0 radical (unpaired) electrons. The van der Waals surface area contributed by atoms with Gasteiger partial charge in [-0.05, 0) is 54.1 Å².